The molecule has 0 saturated heterocycles. The van der Waals surface area contributed by atoms with Crippen LogP contribution in [0.25, 0.3) is 11.0 Å². The van der Waals surface area contributed by atoms with Gasteiger partial charge in [0.25, 0.3) is 0 Å². The van der Waals surface area contributed by atoms with Crippen LogP contribution in [0.5, 0.6) is 0 Å². The number of carbonyl (C=O) groups excluding carboxylic acids is 1. The van der Waals surface area contributed by atoms with E-state index in [4.69, 9.17) is 5.14 Å². The van der Waals surface area contributed by atoms with E-state index in [-0.39, 0.29) is 4.90 Å². The number of rotatable bonds is 5. The molecule has 0 atom stereocenters. The number of hydrogen-bond acceptors (Lipinski definition) is 6. The van der Waals surface area contributed by atoms with Crippen molar-refractivity contribution in [3.63, 3.8) is 0 Å². The molecule has 8 nitrogen and oxygen atoms in total. The van der Waals surface area contributed by atoms with Gasteiger partial charge in [-0.3, -0.25) is 0 Å². The number of primary sulfonamides is 1. The zero-order valence-electron chi connectivity index (χ0n) is 13.3. The molecule has 130 valence electrons. The van der Waals surface area contributed by atoms with Crippen LogP contribution >= 0.6 is 0 Å². The number of fused-ring (bicyclic) bond motifs is 1. The third-order valence-electron chi connectivity index (χ3n) is 3.62. The molecule has 0 spiro atoms. The van der Waals surface area contributed by atoms with E-state index in [0.29, 0.717) is 17.9 Å². The lowest BCUT2D eigenvalue weighted by Gasteiger charge is -2.07. The minimum absolute atomic E-state index is 0.0713. The number of methoxy groups -OCH3 is 1. The highest BCUT2D eigenvalue weighted by Crippen LogP contribution is 2.19. The maximum atomic E-state index is 11.5. The Bertz CT molecular complexity index is 1030. The van der Waals surface area contributed by atoms with Crippen LogP contribution in [0.2, 0.25) is 0 Å². The first-order valence-corrected chi connectivity index (χ1v) is 8.84. The maximum Gasteiger partial charge on any atom is 0.354 e. The number of hydrogen-bond donors (Lipinski definition) is 3. The van der Waals surface area contributed by atoms with Crippen LogP contribution in [0.3, 0.4) is 0 Å². The van der Waals surface area contributed by atoms with Gasteiger partial charge < -0.3 is 15.0 Å². The summed E-state index contributed by atoms with van der Waals surface area (Å²) in [6, 6.07) is 9.81. The van der Waals surface area contributed by atoms with Crippen molar-refractivity contribution in [1.29, 1.82) is 0 Å². The quantitative estimate of drug-likeness (QED) is 0.593. The van der Waals surface area contributed by atoms with Crippen LogP contribution in [0, 0.1) is 0 Å². The van der Waals surface area contributed by atoms with Gasteiger partial charge >= 0.3 is 5.97 Å². The van der Waals surface area contributed by atoms with Crippen molar-refractivity contribution in [2.24, 2.45) is 5.14 Å². The first kappa shape index (κ1) is 16.9. The van der Waals surface area contributed by atoms with Crippen molar-refractivity contribution in [3.05, 3.63) is 53.9 Å². The number of nitrogens with zero attached hydrogens (tertiary/aromatic N) is 1. The molecule has 3 rings (SSSR count). The van der Waals surface area contributed by atoms with E-state index in [2.05, 4.69) is 20.0 Å². The topological polar surface area (TPSA) is 127 Å². The third kappa shape index (κ3) is 3.78. The smallest absolute Gasteiger partial charge is 0.354 e. The van der Waals surface area contributed by atoms with Crippen LogP contribution < -0.4 is 10.5 Å². The van der Waals surface area contributed by atoms with Gasteiger partial charge in [-0.1, -0.05) is 12.1 Å². The van der Waals surface area contributed by atoms with E-state index >= 15 is 0 Å². The number of esters is 1. The highest BCUT2D eigenvalue weighted by Gasteiger charge is 2.10. The molecule has 0 aliphatic rings. The van der Waals surface area contributed by atoms with Crippen LogP contribution in [-0.2, 0) is 21.3 Å². The molecule has 0 unspecified atom stereocenters. The van der Waals surface area contributed by atoms with E-state index in [1.54, 1.807) is 24.4 Å². The van der Waals surface area contributed by atoms with Gasteiger partial charge in [-0.15, -0.1) is 0 Å². The molecule has 0 saturated carbocycles. The Morgan fingerprint density at radius 3 is 2.64 bits per heavy atom. The number of nitrogens with one attached hydrogen (secondary N) is 2. The fraction of sp³-hybridized carbons (Fsp3) is 0.125. The minimum atomic E-state index is -3.69. The Hall–Kier alpha value is -2.91. The monoisotopic (exact) mass is 360 g/mol. The van der Waals surface area contributed by atoms with Crippen molar-refractivity contribution in [1.82, 2.24) is 9.97 Å². The van der Waals surface area contributed by atoms with Crippen LogP contribution in [-0.4, -0.2) is 31.5 Å². The molecular formula is C16H16N4O4S. The predicted octanol–water partition coefficient (Wildman–Crippen LogP) is 1.61. The Balaban J connectivity index is 1.73. The van der Waals surface area contributed by atoms with Gasteiger partial charge in [-0.25, -0.2) is 23.3 Å². The number of sulfonamides is 1. The number of H-pyrrole nitrogens is 1. The van der Waals surface area contributed by atoms with Crippen LogP contribution in [0.15, 0.2) is 47.5 Å². The van der Waals surface area contributed by atoms with Crippen LogP contribution in [0.1, 0.15) is 16.1 Å². The molecular weight excluding hydrogens is 344 g/mol. The van der Waals surface area contributed by atoms with E-state index in [0.717, 1.165) is 16.6 Å². The van der Waals surface area contributed by atoms with Gasteiger partial charge in [0.2, 0.25) is 10.0 Å². The fourth-order valence-electron chi connectivity index (χ4n) is 2.33. The molecule has 2 aromatic heterocycles. The minimum Gasteiger partial charge on any atom is -0.464 e. The summed E-state index contributed by atoms with van der Waals surface area (Å²) in [4.78, 5) is 18.7. The van der Waals surface area contributed by atoms with Crippen LogP contribution in [0.4, 0.5) is 5.69 Å². The summed E-state index contributed by atoms with van der Waals surface area (Å²) in [5, 5.41) is 9.03. The Morgan fingerprint density at radius 1 is 1.28 bits per heavy atom. The lowest BCUT2D eigenvalue weighted by molar-refractivity contribution is 0.0595. The fourth-order valence-corrected chi connectivity index (χ4v) is 2.85. The van der Waals surface area contributed by atoms with Crippen molar-refractivity contribution in [3.8, 4) is 0 Å². The standard InChI is InChI=1S/C16H16N4O4S/c1-24-16(21)14-7-11-6-12(9-19-15(11)20-14)18-8-10-2-4-13(5-3-10)25(17,22)23/h2-7,9,18H,8H2,1H3,(H,19,20)(H2,17,22,23). The summed E-state index contributed by atoms with van der Waals surface area (Å²) in [5.74, 6) is -0.456. The van der Waals surface area contributed by atoms with Gasteiger partial charge in [0, 0.05) is 11.9 Å². The highest BCUT2D eigenvalue weighted by molar-refractivity contribution is 7.89. The Labute approximate surface area is 144 Å². The zero-order valence-corrected chi connectivity index (χ0v) is 14.1. The summed E-state index contributed by atoms with van der Waals surface area (Å²) < 4.78 is 27.1. The number of anilines is 1. The van der Waals surface area contributed by atoms with Crippen molar-refractivity contribution in [2.75, 3.05) is 12.4 Å². The Kier molecular flexibility index (Phi) is 4.43. The molecule has 0 aliphatic carbocycles. The molecule has 0 bridgehead atoms. The summed E-state index contributed by atoms with van der Waals surface area (Å²) in [6.45, 7) is 0.479. The molecule has 1 aromatic carbocycles. The number of benzene rings is 1. The molecule has 2 heterocycles. The summed E-state index contributed by atoms with van der Waals surface area (Å²) >= 11 is 0. The second-order valence-electron chi connectivity index (χ2n) is 5.38. The van der Waals surface area contributed by atoms with E-state index < -0.39 is 16.0 Å². The lowest BCUT2D eigenvalue weighted by Crippen LogP contribution is -2.12. The SMILES string of the molecule is COC(=O)c1cc2cc(NCc3ccc(S(N)(=O)=O)cc3)cnc2[nH]1. The number of aromatic amines is 1. The second kappa shape index (κ2) is 6.54. The first-order valence-electron chi connectivity index (χ1n) is 7.29. The molecule has 4 N–H and O–H groups in total. The second-order valence-corrected chi connectivity index (χ2v) is 6.94. The Morgan fingerprint density at radius 2 is 2.00 bits per heavy atom. The van der Waals surface area contributed by atoms with Gasteiger partial charge in [-0.2, -0.15) is 0 Å². The highest BCUT2D eigenvalue weighted by atomic mass is 32.2. The van der Waals surface area contributed by atoms with Gasteiger partial charge in [0.15, 0.2) is 0 Å². The molecule has 0 amide bonds. The van der Waals surface area contributed by atoms with Gasteiger partial charge in [0.1, 0.15) is 11.3 Å². The molecule has 25 heavy (non-hydrogen) atoms. The third-order valence-corrected chi connectivity index (χ3v) is 4.55. The predicted molar refractivity (Wildman–Crippen MR) is 92.6 cm³/mol. The first-order chi connectivity index (χ1) is 11.9. The summed E-state index contributed by atoms with van der Waals surface area (Å²) in [5.41, 5.74) is 2.57. The van der Waals surface area contributed by atoms with E-state index in [1.165, 1.54) is 19.2 Å². The van der Waals surface area contributed by atoms with E-state index in [1.807, 2.05) is 6.07 Å². The number of ether oxygens (including phenoxy) is 1. The van der Waals surface area contributed by atoms with Crippen molar-refractivity contribution >= 4 is 32.7 Å². The molecule has 0 radical (unpaired) electrons. The molecule has 3 aromatic rings. The van der Waals surface area contributed by atoms with Crippen molar-refractivity contribution < 1.29 is 17.9 Å². The number of pyridine rings is 1. The zero-order chi connectivity index (χ0) is 18.0. The molecule has 9 heteroatoms. The largest absolute Gasteiger partial charge is 0.464 e. The lowest BCUT2D eigenvalue weighted by atomic mass is 10.2. The molecule has 0 fully saturated rings. The molecule has 0 aliphatic heterocycles. The van der Waals surface area contributed by atoms with Gasteiger partial charge in [0.05, 0.1) is 23.9 Å². The number of nitrogens with two attached hydrogens (primary N) is 1. The average Bonchev–Trinajstić information content (AvgIpc) is 3.02. The normalized spacial score (nSPS) is 11.4. The summed E-state index contributed by atoms with van der Waals surface area (Å²) in [6.07, 6.45) is 1.64. The summed E-state index contributed by atoms with van der Waals surface area (Å²) in [7, 11) is -2.37. The number of carbonyl (C=O) groups is 1. The maximum absolute atomic E-state index is 11.5. The van der Waals surface area contributed by atoms with E-state index in [9.17, 15) is 13.2 Å². The van der Waals surface area contributed by atoms with Crippen molar-refractivity contribution in [2.45, 2.75) is 11.4 Å². The van der Waals surface area contributed by atoms with Gasteiger partial charge in [-0.05, 0) is 29.8 Å². The average molecular weight is 360 g/mol. The number of aromatic nitrogens is 2.